The predicted molar refractivity (Wildman–Crippen MR) is 213 cm³/mol. The van der Waals surface area contributed by atoms with Gasteiger partial charge in [0.05, 0.1) is 42.3 Å². The minimum atomic E-state index is -2.41. The van der Waals surface area contributed by atoms with Crippen LogP contribution in [0.15, 0.2) is 83.5 Å². The van der Waals surface area contributed by atoms with E-state index < -0.39 is 119 Å². The van der Waals surface area contributed by atoms with Crippen LogP contribution in [-0.2, 0) is 47.7 Å². The normalized spacial score (nSPS) is 32.6. The minimum Gasteiger partial charge on any atom is -0.456 e. The first-order valence-electron chi connectivity index (χ1n) is 20.1. The molecule has 2 unspecified atom stereocenters. The van der Waals surface area contributed by atoms with Crippen molar-refractivity contribution in [3.63, 3.8) is 0 Å². The number of ether oxygens (including phenoxy) is 5. The van der Waals surface area contributed by atoms with Gasteiger partial charge in [-0.2, -0.15) is 0 Å². The van der Waals surface area contributed by atoms with Gasteiger partial charge in [0, 0.05) is 37.7 Å². The fraction of sp³-hybridized carbons (Fsp3) is 0.511. The van der Waals surface area contributed by atoms with E-state index in [4.69, 9.17) is 23.7 Å². The van der Waals surface area contributed by atoms with Crippen molar-refractivity contribution in [2.24, 2.45) is 16.7 Å². The lowest BCUT2D eigenvalue weighted by Gasteiger charge is -2.67. The molecule has 11 atom stereocenters. The Balaban J connectivity index is 1.55. The van der Waals surface area contributed by atoms with Crippen molar-refractivity contribution in [2.75, 3.05) is 13.2 Å². The summed E-state index contributed by atoms with van der Waals surface area (Å²) in [5.74, 6) is -7.04. The van der Waals surface area contributed by atoms with Crippen molar-refractivity contribution in [3.8, 4) is 0 Å². The number of rotatable bonds is 11. The molecule has 3 aliphatic carbocycles. The number of aliphatic hydroxyl groups excluding tert-OH is 3. The van der Waals surface area contributed by atoms with Gasteiger partial charge in [-0.3, -0.25) is 19.2 Å². The van der Waals surface area contributed by atoms with Gasteiger partial charge in [-0.25, -0.2) is 9.59 Å². The zero-order chi connectivity index (χ0) is 44.8. The van der Waals surface area contributed by atoms with Gasteiger partial charge in [-0.1, -0.05) is 68.5 Å². The number of benzene rings is 2. The van der Waals surface area contributed by atoms with Crippen molar-refractivity contribution < 1.29 is 72.9 Å². The molecule has 328 valence electrons. The van der Waals surface area contributed by atoms with E-state index in [9.17, 15) is 44.4 Å². The summed E-state index contributed by atoms with van der Waals surface area (Å²) in [6.45, 7) is 8.87. The van der Waals surface area contributed by atoms with Crippen molar-refractivity contribution >= 4 is 35.6 Å². The highest BCUT2D eigenvalue weighted by Crippen LogP contribution is 2.64. The second-order valence-corrected chi connectivity index (χ2v) is 17.1. The van der Waals surface area contributed by atoms with Gasteiger partial charge in [-0.15, -0.1) is 0 Å². The zero-order valence-electron chi connectivity index (χ0n) is 35.1. The van der Waals surface area contributed by atoms with Crippen LogP contribution in [0.5, 0.6) is 0 Å². The number of aliphatic hydroxyl groups is 4. The van der Waals surface area contributed by atoms with Crippen molar-refractivity contribution in [1.82, 2.24) is 5.32 Å². The van der Waals surface area contributed by atoms with Crippen LogP contribution in [0, 0.1) is 16.7 Å². The molecule has 61 heavy (non-hydrogen) atoms. The Bertz CT molecular complexity index is 2130. The summed E-state index contributed by atoms with van der Waals surface area (Å²) in [7, 11) is 0. The first kappa shape index (κ1) is 45.3. The number of nitrogens with one attached hydrogen (secondary N) is 1. The van der Waals surface area contributed by atoms with Gasteiger partial charge in [-0.05, 0) is 49.6 Å². The highest BCUT2D eigenvalue weighted by atomic mass is 16.6. The summed E-state index contributed by atoms with van der Waals surface area (Å²) in [4.78, 5) is 82.9. The smallest absolute Gasteiger partial charge is 0.338 e. The van der Waals surface area contributed by atoms with E-state index in [0.29, 0.717) is 5.56 Å². The molecule has 1 aliphatic heterocycles. The molecule has 2 saturated carbocycles. The minimum absolute atomic E-state index is 0.0208. The topological polar surface area (TPSA) is 242 Å². The van der Waals surface area contributed by atoms with Crippen LogP contribution in [0.25, 0.3) is 0 Å². The van der Waals surface area contributed by atoms with Crippen LogP contribution >= 0.6 is 0 Å². The molecule has 2 bridgehead atoms. The molecule has 0 radical (unpaired) electrons. The molecule has 1 saturated heterocycles. The molecule has 3 fully saturated rings. The molecule has 1 heterocycles. The van der Waals surface area contributed by atoms with E-state index in [1.807, 2.05) is 0 Å². The molecule has 0 spiro atoms. The lowest BCUT2D eigenvalue weighted by Crippen LogP contribution is -2.82. The highest BCUT2D eigenvalue weighted by molar-refractivity contribution is 5.96. The largest absolute Gasteiger partial charge is 0.456 e. The maximum atomic E-state index is 15.4. The Kier molecular flexibility index (Phi) is 12.5. The van der Waals surface area contributed by atoms with Gasteiger partial charge in [0.25, 0.3) is 0 Å². The summed E-state index contributed by atoms with van der Waals surface area (Å²) in [5.41, 5.74) is -7.32. The van der Waals surface area contributed by atoms with E-state index in [1.165, 1.54) is 39.0 Å². The van der Waals surface area contributed by atoms with Crippen LogP contribution in [0.4, 0.5) is 0 Å². The summed E-state index contributed by atoms with van der Waals surface area (Å²) in [5, 5.41) is 49.3. The van der Waals surface area contributed by atoms with Crippen LogP contribution < -0.4 is 5.32 Å². The van der Waals surface area contributed by atoms with Gasteiger partial charge in [0.15, 0.2) is 23.6 Å². The van der Waals surface area contributed by atoms with Crippen molar-refractivity contribution in [3.05, 3.63) is 94.6 Å². The van der Waals surface area contributed by atoms with E-state index >= 15 is 4.79 Å². The fourth-order valence-corrected chi connectivity index (χ4v) is 9.85. The number of fused-ring (bicyclic) bond motifs is 5. The highest BCUT2D eigenvalue weighted by Gasteiger charge is 2.78. The molecule has 4 aliphatic rings. The van der Waals surface area contributed by atoms with Crippen LogP contribution in [0.3, 0.4) is 0 Å². The maximum absolute atomic E-state index is 15.4. The third-order valence-electron chi connectivity index (χ3n) is 13.2. The van der Waals surface area contributed by atoms with E-state index in [0.717, 1.165) is 13.8 Å². The fourth-order valence-electron chi connectivity index (χ4n) is 9.85. The standard InChI is InChI=1S/C45H53NO15/c1-23(18-19-47)39(53)46-33(27-14-10-8-11-15-27)34(51)41(55)59-29-21-45(56)38(60-40(54)28-16-12-9-13-17-28)36-43(7,30(50)20-31-44(36,22-57-31)61-26(4)49)37(52)35(58-25(3)48)32(24(29)2)42(45,5)6/h8-18,29-31,33-36,38,47,50-51,56H,19-22H2,1-7H3,(H,46,53)/b23-18+/t29-,30-,31+,33-,34+,35+,36?,38?,43+,44-,45+/m0/s1. The first-order valence-corrected chi connectivity index (χ1v) is 20.1. The Morgan fingerprint density at radius 1 is 0.934 bits per heavy atom. The Hall–Kier alpha value is -5.26. The summed E-state index contributed by atoms with van der Waals surface area (Å²) >= 11 is 0. The van der Waals surface area contributed by atoms with Crippen LogP contribution in [-0.4, -0.2) is 117 Å². The third-order valence-corrected chi connectivity index (χ3v) is 13.2. The zero-order valence-corrected chi connectivity index (χ0v) is 35.1. The molecule has 2 aromatic carbocycles. The Labute approximate surface area is 352 Å². The molecule has 16 nitrogen and oxygen atoms in total. The van der Waals surface area contributed by atoms with E-state index in [1.54, 1.807) is 62.4 Å². The first-order chi connectivity index (χ1) is 28.6. The molecular formula is C45H53NO15. The van der Waals surface area contributed by atoms with Gasteiger partial charge < -0.3 is 49.4 Å². The second kappa shape index (κ2) is 16.9. The van der Waals surface area contributed by atoms with Crippen molar-refractivity contribution in [2.45, 2.75) is 115 Å². The molecular weight excluding hydrogens is 794 g/mol. The number of hydrogen-bond donors (Lipinski definition) is 5. The lowest BCUT2D eigenvalue weighted by molar-refractivity contribution is -0.346. The molecule has 16 heteroatoms. The average molecular weight is 848 g/mol. The number of carbonyl (C=O) groups excluding carboxylic acids is 6. The molecule has 5 N–H and O–H groups in total. The molecule has 2 aromatic rings. The SMILES string of the molecule is CC(=O)O[C@H]1C(=O)[C@@]2(C)C(C(OC(=O)c3ccccc3)[C@]3(O)C[C@H](OC(=O)[C@H](O)[C@@H](NC(=O)/C(C)=C/CO)c4ccccc4)C(C)=C1C3(C)C)[C@]1(OC(C)=O)CO[C@@H]1C[C@@H]2O. The molecule has 6 rings (SSSR count). The summed E-state index contributed by atoms with van der Waals surface area (Å²) in [6, 6.07) is 14.5. The number of carbonyl (C=O) groups is 6. The predicted octanol–water partition coefficient (Wildman–Crippen LogP) is 2.36. The van der Waals surface area contributed by atoms with Crippen LogP contribution in [0.1, 0.15) is 83.3 Å². The maximum Gasteiger partial charge on any atom is 0.338 e. The molecule has 0 aromatic heterocycles. The molecule has 1 amide bonds. The quantitative estimate of drug-likeness (QED) is 0.0944. The number of Topliss-reactive ketones (excluding diaryl/α,β-unsaturated/α-hetero) is 1. The Morgan fingerprint density at radius 3 is 2.11 bits per heavy atom. The summed E-state index contributed by atoms with van der Waals surface area (Å²) < 4.78 is 30.1. The number of ketones is 1. The van der Waals surface area contributed by atoms with Gasteiger partial charge in [0.1, 0.15) is 23.9 Å². The average Bonchev–Trinajstić information content (AvgIpc) is 3.21. The van der Waals surface area contributed by atoms with E-state index in [-0.39, 0.29) is 35.3 Å². The number of hydrogen-bond acceptors (Lipinski definition) is 15. The lowest BCUT2D eigenvalue weighted by atomic mass is 9.44. The van der Waals surface area contributed by atoms with Crippen LogP contribution in [0.2, 0.25) is 0 Å². The third kappa shape index (κ3) is 7.69. The summed E-state index contributed by atoms with van der Waals surface area (Å²) in [6.07, 6.45) is -9.40. The van der Waals surface area contributed by atoms with Crippen molar-refractivity contribution in [1.29, 1.82) is 0 Å². The Morgan fingerprint density at radius 2 is 1.56 bits per heavy atom. The number of esters is 4. The van der Waals surface area contributed by atoms with Gasteiger partial charge >= 0.3 is 23.9 Å². The van der Waals surface area contributed by atoms with Gasteiger partial charge in [0.2, 0.25) is 5.91 Å². The second-order valence-electron chi connectivity index (χ2n) is 17.1. The number of amides is 1. The monoisotopic (exact) mass is 847 g/mol. The van der Waals surface area contributed by atoms with E-state index in [2.05, 4.69) is 5.32 Å².